The molecule has 1 heterocycles. The molecule has 1 aromatic rings. The van der Waals surface area contributed by atoms with Crippen LogP contribution in [0.5, 0.6) is 5.75 Å². The molecular weight excluding hydrogens is 286 g/mol. The highest BCUT2D eigenvalue weighted by Crippen LogP contribution is 2.35. The number of benzene rings is 1. The van der Waals surface area contributed by atoms with Gasteiger partial charge in [0.2, 0.25) is 11.6 Å². The van der Waals surface area contributed by atoms with Crippen LogP contribution in [0.25, 0.3) is 0 Å². The van der Waals surface area contributed by atoms with Crippen LogP contribution in [0.1, 0.15) is 43.6 Å². The van der Waals surface area contributed by atoms with Crippen LogP contribution >= 0.6 is 0 Å². The van der Waals surface area contributed by atoms with Gasteiger partial charge in [0.1, 0.15) is 17.4 Å². The second-order valence-corrected chi connectivity index (χ2v) is 6.73. The van der Waals surface area contributed by atoms with Crippen molar-refractivity contribution >= 4 is 11.9 Å². The molecule has 1 aromatic carbocycles. The SMILES string of the molecule is CC(C)(C)C(=O)NC1(C)Oc2c(cccc2C(=O)O)CC1O. The first-order valence-electron chi connectivity index (χ1n) is 7.09. The summed E-state index contributed by atoms with van der Waals surface area (Å²) in [6.07, 6.45) is -0.771. The molecule has 0 saturated carbocycles. The van der Waals surface area contributed by atoms with Crippen LogP contribution < -0.4 is 10.1 Å². The van der Waals surface area contributed by atoms with Gasteiger partial charge in [-0.2, -0.15) is 0 Å². The maximum Gasteiger partial charge on any atom is 0.339 e. The Bertz CT molecular complexity index is 619. The normalized spacial score (nSPS) is 24.1. The van der Waals surface area contributed by atoms with Crippen LogP contribution in [0.4, 0.5) is 0 Å². The van der Waals surface area contributed by atoms with E-state index in [9.17, 15) is 19.8 Å². The largest absolute Gasteiger partial charge is 0.478 e. The van der Waals surface area contributed by atoms with Crippen molar-refractivity contribution in [2.75, 3.05) is 0 Å². The Morgan fingerprint density at radius 1 is 1.36 bits per heavy atom. The first kappa shape index (κ1) is 16.3. The lowest BCUT2D eigenvalue weighted by Crippen LogP contribution is -2.62. The molecule has 0 aromatic heterocycles. The highest BCUT2D eigenvalue weighted by atomic mass is 16.5. The van der Waals surface area contributed by atoms with E-state index >= 15 is 0 Å². The van der Waals surface area contributed by atoms with Crippen molar-refractivity contribution in [1.82, 2.24) is 5.32 Å². The number of aliphatic hydroxyl groups is 1. The van der Waals surface area contributed by atoms with Crippen LogP contribution in [-0.4, -0.2) is 33.9 Å². The molecule has 1 aliphatic heterocycles. The van der Waals surface area contributed by atoms with Crippen molar-refractivity contribution in [3.8, 4) is 5.75 Å². The van der Waals surface area contributed by atoms with Crippen LogP contribution in [-0.2, 0) is 11.2 Å². The standard InChI is InChI=1S/C16H21NO5/c1-15(2,3)14(21)17-16(4)11(18)8-9-6-5-7-10(13(19)20)12(9)22-16/h5-7,11,18H,8H2,1-4H3,(H,17,21)(H,19,20). The Morgan fingerprint density at radius 2 is 2.00 bits per heavy atom. The third-order valence-electron chi connectivity index (χ3n) is 3.73. The van der Waals surface area contributed by atoms with Crippen molar-refractivity contribution in [2.45, 2.75) is 45.9 Å². The lowest BCUT2D eigenvalue weighted by molar-refractivity contribution is -0.142. The number of rotatable bonds is 2. The van der Waals surface area contributed by atoms with Crippen LogP contribution in [0.2, 0.25) is 0 Å². The molecule has 1 aliphatic rings. The molecule has 0 spiro atoms. The Morgan fingerprint density at radius 3 is 2.55 bits per heavy atom. The lowest BCUT2D eigenvalue weighted by atomic mass is 9.91. The second-order valence-electron chi connectivity index (χ2n) is 6.73. The van der Waals surface area contributed by atoms with E-state index < -0.39 is 23.2 Å². The fourth-order valence-electron chi connectivity index (χ4n) is 2.24. The molecule has 120 valence electrons. The number of ether oxygens (including phenoxy) is 1. The highest BCUT2D eigenvalue weighted by Gasteiger charge is 2.44. The monoisotopic (exact) mass is 307 g/mol. The minimum absolute atomic E-state index is 0.0145. The number of amides is 1. The maximum atomic E-state index is 12.2. The molecule has 2 rings (SSSR count). The summed E-state index contributed by atoms with van der Waals surface area (Å²) in [4.78, 5) is 23.5. The van der Waals surface area contributed by atoms with Gasteiger partial charge in [0.25, 0.3) is 0 Å². The Labute approximate surface area is 129 Å². The van der Waals surface area contributed by atoms with E-state index in [-0.39, 0.29) is 23.6 Å². The number of aromatic carboxylic acids is 1. The Kier molecular flexibility index (Phi) is 3.91. The topological polar surface area (TPSA) is 95.9 Å². The second kappa shape index (κ2) is 5.28. The average Bonchev–Trinajstić information content (AvgIpc) is 2.38. The summed E-state index contributed by atoms with van der Waals surface area (Å²) in [6.45, 7) is 6.79. The number of fused-ring (bicyclic) bond motifs is 1. The molecule has 0 fully saturated rings. The molecule has 2 atom stereocenters. The van der Waals surface area contributed by atoms with E-state index in [2.05, 4.69) is 5.32 Å². The molecule has 1 amide bonds. The minimum atomic E-state index is -1.37. The van der Waals surface area contributed by atoms with Gasteiger partial charge in [-0.1, -0.05) is 32.9 Å². The van der Waals surface area contributed by atoms with Gasteiger partial charge in [-0.3, -0.25) is 4.79 Å². The van der Waals surface area contributed by atoms with E-state index in [1.807, 2.05) is 0 Å². The zero-order chi connectivity index (χ0) is 16.7. The van der Waals surface area contributed by atoms with Crippen LogP contribution in [0, 0.1) is 5.41 Å². The number of carboxylic acid groups (broad SMARTS) is 1. The zero-order valence-corrected chi connectivity index (χ0v) is 13.1. The van der Waals surface area contributed by atoms with Crippen molar-refractivity contribution in [2.24, 2.45) is 5.41 Å². The summed E-state index contributed by atoms with van der Waals surface area (Å²) < 4.78 is 5.73. The Hall–Kier alpha value is -2.08. The van der Waals surface area contributed by atoms with Gasteiger partial charge < -0.3 is 20.3 Å². The molecule has 0 saturated heterocycles. The Balaban J connectivity index is 2.38. The fourth-order valence-corrected chi connectivity index (χ4v) is 2.24. The number of aliphatic hydroxyl groups excluding tert-OH is 1. The van der Waals surface area contributed by atoms with Gasteiger partial charge in [0.15, 0.2) is 0 Å². The fraction of sp³-hybridized carbons (Fsp3) is 0.500. The van der Waals surface area contributed by atoms with Gasteiger partial charge in [0.05, 0.1) is 0 Å². The predicted molar refractivity (Wildman–Crippen MR) is 79.7 cm³/mol. The number of nitrogens with one attached hydrogen (secondary N) is 1. The summed E-state index contributed by atoms with van der Waals surface area (Å²) in [6, 6.07) is 4.75. The first-order valence-corrected chi connectivity index (χ1v) is 7.09. The summed E-state index contributed by atoms with van der Waals surface area (Å²) in [5, 5.41) is 22.3. The van der Waals surface area contributed by atoms with E-state index in [4.69, 9.17) is 4.74 Å². The van der Waals surface area contributed by atoms with Gasteiger partial charge in [-0.05, 0) is 18.6 Å². The van der Waals surface area contributed by atoms with Gasteiger partial charge in [0, 0.05) is 11.8 Å². The van der Waals surface area contributed by atoms with Gasteiger partial charge >= 0.3 is 5.97 Å². The van der Waals surface area contributed by atoms with Crippen molar-refractivity contribution in [3.63, 3.8) is 0 Å². The summed E-state index contributed by atoms with van der Waals surface area (Å²) in [7, 11) is 0. The molecule has 22 heavy (non-hydrogen) atoms. The third kappa shape index (κ3) is 2.92. The molecule has 0 radical (unpaired) electrons. The first-order chi connectivity index (χ1) is 10.0. The smallest absolute Gasteiger partial charge is 0.339 e. The molecule has 0 aliphatic carbocycles. The molecule has 6 heteroatoms. The highest BCUT2D eigenvalue weighted by molar-refractivity contribution is 5.91. The number of hydrogen-bond donors (Lipinski definition) is 3. The third-order valence-corrected chi connectivity index (χ3v) is 3.73. The number of carbonyl (C=O) groups is 2. The average molecular weight is 307 g/mol. The molecule has 3 N–H and O–H groups in total. The van der Waals surface area contributed by atoms with Gasteiger partial charge in [-0.15, -0.1) is 0 Å². The van der Waals surface area contributed by atoms with Crippen molar-refractivity contribution in [3.05, 3.63) is 29.3 Å². The quantitative estimate of drug-likeness (QED) is 0.770. The molecule has 0 bridgehead atoms. The van der Waals surface area contributed by atoms with E-state index in [0.717, 1.165) is 0 Å². The van der Waals surface area contributed by atoms with E-state index in [1.54, 1.807) is 39.8 Å². The maximum absolute atomic E-state index is 12.2. The zero-order valence-electron chi connectivity index (χ0n) is 13.1. The van der Waals surface area contributed by atoms with Gasteiger partial charge in [-0.25, -0.2) is 4.79 Å². The summed E-state index contributed by atoms with van der Waals surface area (Å²) in [5.41, 5.74) is -1.41. The van der Waals surface area contributed by atoms with Crippen LogP contribution in [0.3, 0.4) is 0 Å². The number of para-hydroxylation sites is 1. The number of carboxylic acids is 1. The lowest BCUT2D eigenvalue weighted by Gasteiger charge is -2.41. The van der Waals surface area contributed by atoms with E-state index in [0.29, 0.717) is 5.56 Å². The number of hydrogen-bond acceptors (Lipinski definition) is 4. The van der Waals surface area contributed by atoms with Crippen LogP contribution in [0.15, 0.2) is 18.2 Å². The van der Waals surface area contributed by atoms with Crippen molar-refractivity contribution < 1.29 is 24.5 Å². The predicted octanol–water partition coefficient (Wildman–Crippen LogP) is 1.56. The summed E-state index contributed by atoms with van der Waals surface area (Å²) in [5.74, 6) is -1.21. The molecular formula is C16H21NO5. The molecule has 2 unspecified atom stereocenters. The molecule has 6 nitrogen and oxygen atoms in total. The minimum Gasteiger partial charge on any atom is -0.478 e. The van der Waals surface area contributed by atoms with Crippen molar-refractivity contribution in [1.29, 1.82) is 0 Å². The summed E-state index contributed by atoms with van der Waals surface area (Å²) >= 11 is 0. The van der Waals surface area contributed by atoms with E-state index in [1.165, 1.54) is 6.07 Å². The number of carbonyl (C=O) groups excluding carboxylic acids is 1.